The Morgan fingerprint density at radius 2 is 1.60 bits per heavy atom. The van der Waals surface area contributed by atoms with E-state index in [9.17, 15) is 4.79 Å². The maximum atomic E-state index is 12.3. The molecule has 110 valence electrons. The second kappa shape index (κ2) is 5.12. The Bertz CT molecular complexity index is 472. The van der Waals surface area contributed by atoms with Crippen LogP contribution in [0.1, 0.15) is 57.3 Å². The van der Waals surface area contributed by atoms with Gasteiger partial charge in [-0.2, -0.15) is 0 Å². The van der Waals surface area contributed by atoms with Gasteiger partial charge in [-0.25, -0.2) is 0 Å². The molecule has 1 amide bonds. The zero-order chi connectivity index (χ0) is 15.0. The van der Waals surface area contributed by atoms with Gasteiger partial charge >= 0.3 is 0 Å². The minimum absolute atomic E-state index is 0.00324. The summed E-state index contributed by atoms with van der Waals surface area (Å²) >= 11 is 0. The minimum Gasteiger partial charge on any atom is -0.399 e. The van der Waals surface area contributed by atoms with Gasteiger partial charge in [-0.1, -0.05) is 27.7 Å². The second-order valence-electron chi connectivity index (χ2n) is 7.71. The molecule has 1 aromatic rings. The minimum atomic E-state index is 0.00324. The third kappa shape index (κ3) is 3.75. The Balaban J connectivity index is 2.05. The van der Waals surface area contributed by atoms with E-state index in [0.29, 0.717) is 11.3 Å². The number of hydrogen-bond donors (Lipinski definition) is 2. The Labute approximate surface area is 121 Å². The normalized spacial score (nSPS) is 21.4. The third-order valence-electron chi connectivity index (χ3n) is 4.06. The first-order valence-corrected chi connectivity index (χ1v) is 7.33. The smallest absolute Gasteiger partial charge is 0.251 e. The number of rotatable bonds is 2. The third-order valence-corrected chi connectivity index (χ3v) is 4.06. The Morgan fingerprint density at radius 1 is 1.10 bits per heavy atom. The van der Waals surface area contributed by atoms with Crippen LogP contribution in [0.4, 0.5) is 5.69 Å². The monoisotopic (exact) mass is 274 g/mol. The standard InChI is InChI=1S/C17H26N2O/c1-16(2)9-14(10-17(3,4)11-16)19-15(20)12-5-7-13(18)8-6-12/h5-8,14H,9-11,18H2,1-4H3,(H,19,20). The first kappa shape index (κ1) is 14.9. The van der Waals surface area contributed by atoms with Gasteiger partial charge in [0.2, 0.25) is 0 Å². The van der Waals surface area contributed by atoms with E-state index in [-0.39, 0.29) is 22.8 Å². The van der Waals surface area contributed by atoms with Crippen LogP contribution in [0.2, 0.25) is 0 Å². The summed E-state index contributed by atoms with van der Waals surface area (Å²) in [6, 6.07) is 7.35. The molecular weight excluding hydrogens is 248 g/mol. The number of hydrogen-bond acceptors (Lipinski definition) is 2. The summed E-state index contributed by atoms with van der Waals surface area (Å²) in [5, 5.41) is 3.19. The zero-order valence-corrected chi connectivity index (χ0v) is 13.0. The molecule has 3 heteroatoms. The van der Waals surface area contributed by atoms with Gasteiger partial charge in [-0.15, -0.1) is 0 Å². The molecule has 0 spiro atoms. The molecule has 0 heterocycles. The molecule has 0 atom stereocenters. The summed E-state index contributed by atoms with van der Waals surface area (Å²) in [5.74, 6) is 0.00324. The number of benzene rings is 1. The number of anilines is 1. The Kier molecular flexibility index (Phi) is 3.81. The van der Waals surface area contributed by atoms with E-state index < -0.39 is 0 Å². The number of carbonyl (C=O) groups is 1. The van der Waals surface area contributed by atoms with Crippen LogP contribution in [-0.4, -0.2) is 11.9 Å². The molecule has 1 aliphatic carbocycles. The number of carbonyl (C=O) groups excluding carboxylic acids is 1. The summed E-state index contributed by atoms with van der Waals surface area (Å²) in [5.41, 5.74) is 7.57. The lowest BCUT2D eigenvalue weighted by atomic mass is 9.63. The largest absolute Gasteiger partial charge is 0.399 e. The average Bonchev–Trinajstić information content (AvgIpc) is 2.25. The van der Waals surface area contributed by atoms with Crippen LogP contribution in [0, 0.1) is 10.8 Å². The first-order valence-electron chi connectivity index (χ1n) is 7.33. The van der Waals surface area contributed by atoms with E-state index in [2.05, 4.69) is 33.0 Å². The molecule has 0 aromatic heterocycles. The fourth-order valence-electron chi connectivity index (χ4n) is 3.85. The lowest BCUT2D eigenvalue weighted by Gasteiger charge is -2.45. The fraction of sp³-hybridized carbons (Fsp3) is 0.588. The van der Waals surface area contributed by atoms with Crippen molar-refractivity contribution in [1.82, 2.24) is 5.32 Å². The van der Waals surface area contributed by atoms with Crippen molar-refractivity contribution in [2.75, 3.05) is 5.73 Å². The summed E-state index contributed by atoms with van der Waals surface area (Å²) in [6.07, 6.45) is 3.28. The van der Waals surface area contributed by atoms with Gasteiger partial charge in [0.1, 0.15) is 0 Å². The summed E-state index contributed by atoms with van der Waals surface area (Å²) in [6.45, 7) is 9.15. The van der Waals surface area contributed by atoms with Crippen LogP contribution < -0.4 is 11.1 Å². The van der Waals surface area contributed by atoms with Crippen LogP contribution in [-0.2, 0) is 0 Å². The number of nitrogens with two attached hydrogens (primary N) is 1. The lowest BCUT2D eigenvalue weighted by molar-refractivity contribution is 0.0713. The highest BCUT2D eigenvalue weighted by Crippen LogP contribution is 2.45. The number of amides is 1. The quantitative estimate of drug-likeness (QED) is 0.810. The molecule has 0 bridgehead atoms. The van der Waals surface area contributed by atoms with E-state index in [1.807, 2.05) is 0 Å². The van der Waals surface area contributed by atoms with Crippen LogP contribution in [0.15, 0.2) is 24.3 Å². The molecule has 0 saturated heterocycles. The van der Waals surface area contributed by atoms with Gasteiger partial charge in [0, 0.05) is 17.3 Å². The molecule has 0 radical (unpaired) electrons. The van der Waals surface area contributed by atoms with Crippen molar-refractivity contribution in [3.8, 4) is 0 Å². The van der Waals surface area contributed by atoms with Crippen LogP contribution in [0.3, 0.4) is 0 Å². The molecule has 1 aromatic carbocycles. The van der Waals surface area contributed by atoms with Crippen molar-refractivity contribution in [1.29, 1.82) is 0 Å². The van der Waals surface area contributed by atoms with Crippen molar-refractivity contribution in [3.63, 3.8) is 0 Å². The fourth-order valence-corrected chi connectivity index (χ4v) is 3.85. The van der Waals surface area contributed by atoms with Crippen molar-refractivity contribution in [2.45, 2.75) is 53.0 Å². The summed E-state index contributed by atoms with van der Waals surface area (Å²) in [7, 11) is 0. The van der Waals surface area contributed by atoms with Crippen molar-refractivity contribution in [3.05, 3.63) is 29.8 Å². The van der Waals surface area contributed by atoms with Gasteiger partial charge in [-0.05, 0) is 54.4 Å². The Morgan fingerprint density at radius 3 is 2.10 bits per heavy atom. The highest BCUT2D eigenvalue weighted by molar-refractivity contribution is 5.94. The maximum Gasteiger partial charge on any atom is 0.251 e. The molecule has 0 aliphatic heterocycles. The molecular formula is C17H26N2O. The molecule has 1 fully saturated rings. The van der Waals surface area contributed by atoms with Gasteiger partial charge in [0.25, 0.3) is 5.91 Å². The van der Waals surface area contributed by atoms with E-state index in [1.54, 1.807) is 24.3 Å². The van der Waals surface area contributed by atoms with Crippen molar-refractivity contribution >= 4 is 11.6 Å². The molecule has 0 unspecified atom stereocenters. The van der Waals surface area contributed by atoms with E-state index in [0.717, 1.165) is 12.8 Å². The average molecular weight is 274 g/mol. The van der Waals surface area contributed by atoms with E-state index in [4.69, 9.17) is 5.73 Å². The first-order chi connectivity index (χ1) is 9.17. The molecule has 20 heavy (non-hydrogen) atoms. The van der Waals surface area contributed by atoms with Crippen LogP contribution >= 0.6 is 0 Å². The van der Waals surface area contributed by atoms with Crippen LogP contribution in [0.5, 0.6) is 0 Å². The molecule has 1 saturated carbocycles. The summed E-state index contributed by atoms with van der Waals surface area (Å²) < 4.78 is 0. The number of nitrogen functional groups attached to an aromatic ring is 1. The van der Waals surface area contributed by atoms with Gasteiger partial charge in [0.15, 0.2) is 0 Å². The lowest BCUT2D eigenvalue weighted by Crippen LogP contribution is -2.46. The second-order valence-corrected chi connectivity index (χ2v) is 7.71. The molecule has 2 rings (SSSR count). The molecule has 3 nitrogen and oxygen atoms in total. The molecule has 3 N–H and O–H groups in total. The zero-order valence-electron chi connectivity index (χ0n) is 13.0. The SMILES string of the molecule is CC1(C)CC(NC(=O)c2ccc(N)cc2)CC(C)(C)C1. The van der Waals surface area contributed by atoms with Gasteiger partial charge < -0.3 is 11.1 Å². The summed E-state index contributed by atoms with van der Waals surface area (Å²) in [4.78, 5) is 12.3. The van der Waals surface area contributed by atoms with Crippen molar-refractivity contribution in [2.24, 2.45) is 10.8 Å². The van der Waals surface area contributed by atoms with Gasteiger partial charge in [0.05, 0.1) is 0 Å². The predicted molar refractivity (Wildman–Crippen MR) is 83.5 cm³/mol. The Hall–Kier alpha value is -1.51. The van der Waals surface area contributed by atoms with E-state index >= 15 is 0 Å². The van der Waals surface area contributed by atoms with Gasteiger partial charge in [-0.3, -0.25) is 4.79 Å². The van der Waals surface area contributed by atoms with Crippen LogP contribution in [0.25, 0.3) is 0 Å². The number of nitrogens with one attached hydrogen (secondary N) is 1. The van der Waals surface area contributed by atoms with Crippen molar-refractivity contribution < 1.29 is 4.79 Å². The maximum absolute atomic E-state index is 12.3. The highest BCUT2D eigenvalue weighted by atomic mass is 16.1. The topological polar surface area (TPSA) is 55.1 Å². The molecule has 1 aliphatic rings. The highest BCUT2D eigenvalue weighted by Gasteiger charge is 2.38. The predicted octanol–water partition coefficient (Wildman–Crippen LogP) is 3.60. The van der Waals surface area contributed by atoms with E-state index in [1.165, 1.54) is 6.42 Å².